The van der Waals surface area contributed by atoms with Crippen LogP contribution in [0.15, 0.2) is 34.1 Å². The number of aliphatic imine (C=N–C) groups is 1. The molecule has 2 aromatic heterocycles. The lowest BCUT2D eigenvalue weighted by Crippen LogP contribution is -2.46. The first-order valence-corrected chi connectivity index (χ1v) is 10.4. The van der Waals surface area contributed by atoms with E-state index in [-0.39, 0.29) is 30.1 Å². The third-order valence-corrected chi connectivity index (χ3v) is 5.57. The Morgan fingerprint density at radius 1 is 1.28 bits per heavy atom. The van der Waals surface area contributed by atoms with Gasteiger partial charge in [-0.1, -0.05) is 0 Å². The van der Waals surface area contributed by atoms with Crippen molar-refractivity contribution in [3.8, 4) is 0 Å². The molecule has 2 fully saturated rings. The van der Waals surface area contributed by atoms with Gasteiger partial charge in [0, 0.05) is 38.6 Å². The lowest BCUT2D eigenvalue weighted by atomic mass is 9.96. The number of nitrogens with one attached hydrogen (secondary N) is 2. The summed E-state index contributed by atoms with van der Waals surface area (Å²) in [6.07, 6.45) is 10.0. The van der Waals surface area contributed by atoms with E-state index in [4.69, 9.17) is 14.1 Å². The summed E-state index contributed by atoms with van der Waals surface area (Å²) < 4.78 is 11.3. The van der Waals surface area contributed by atoms with Crippen molar-refractivity contribution in [3.05, 3.63) is 36.3 Å². The second kappa shape index (κ2) is 11.5. The van der Waals surface area contributed by atoms with Crippen molar-refractivity contribution in [3.63, 3.8) is 0 Å². The highest BCUT2D eigenvalue weighted by atomic mass is 127. The van der Waals surface area contributed by atoms with E-state index < -0.39 is 0 Å². The number of hydrogen-bond donors (Lipinski definition) is 2. The highest BCUT2D eigenvalue weighted by Gasteiger charge is 2.25. The van der Waals surface area contributed by atoms with Gasteiger partial charge in [-0.3, -0.25) is 10.1 Å². The van der Waals surface area contributed by atoms with E-state index >= 15 is 0 Å². The summed E-state index contributed by atoms with van der Waals surface area (Å²) in [7, 11) is 0. The van der Waals surface area contributed by atoms with Gasteiger partial charge in [0.15, 0.2) is 5.96 Å². The van der Waals surface area contributed by atoms with E-state index in [1.165, 1.54) is 12.8 Å². The molecule has 0 saturated carbocycles. The minimum absolute atomic E-state index is 0. The number of aromatic amines is 1. The van der Waals surface area contributed by atoms with E-state index in [9.17, 15) is 0 Å². The molecule has 4 rings (SSSR count). The number of halogens is 1. The van der Waals surface area contributed by atoms with E-state index in [2.05, 4.69) is 25.4 Å². The van der Waals surface area contributed by atoms with Gasteiger partial charge in [0.2, 0.25) is 0 Å². The summed E-state index contributed by atoms with van der Waals surface area (Å²) in [5, 5.41) is 10.5. The number of furan rings is 1. The maximum absolute atomic E-state index is 5.86. The predicted octanol–water partition coefficient (Wildman–Crippen LogP) is 2.95. The average molecular weight is 514 g/mol. The topological polar surface area (TPSA) is 91.6 Å². The van der Waals surface area contributed by atoms with Gasteiger partial charge in [0.25, 0.3) is 0 Å². The fourth-order valence-electron chi connectivity index (χ4n) is 3.94. The molecular weight excluding hydrogens is 483 g/mol. The van der Waals surface area contributed by atoms with E-state index in [1.54, 1.807) is 12.6 Å². The zero-order chi connectivity index (χ0) is 19.0. The second-order valence-electron chi connectivity index (χ2n) is 7.54. The number of rotatable bonds is 6. The van der Waals surface area contributed by atoms with Gasteiger partial charge in [-0.2, -0.15) is 5.10 Å². The molecule has 2 aromatic rings. The molecule has 0 aliphatic carbocycles. The van der Waals surface area contributed by atoms with Crippen LogP contribution in [0.1, 0.15) is 49.6 Å². The lowest BCUT2D eigenvalue weighted by molar-refractivity contribution is 0.0223. The third-order valence-electron chi connectivity index (χ3n) is 5.57. The molecule has 2 saturated heterocycles. The standard InChI is InChI=1S/C20H30N6O2.HI/c1-2-12-28-18(4-1)14-22-20(21-9-6-17-5-3-13-27-17)26-10-7-16(8-11-26)19-23-15-24-25-19;/h3,5,13,15-16,18H,1-2,4,6-12,14H2,(H,21,22)(H,23,24,25);1H. The zero-order valence-corrected chi connectivity index (χ0v) is 19.1. The van der Waals surface area contributed by atoms with Gasteiger partial charge < -0.3 is 19.4 Å². The largest absolute Gasteiger partial charge is 0.469 e. The number of piperidine rings is 1. The Bertz CT molecular complexity index is 707. The van der Waals surface area contributed by atoms with Crippen LogP contribution in [-0.2, 0) is 11.2 Å². The van der Waals surface area contributed by atoms with Crippen LogP contribution < -0.4 is 5.32 Å². The molecule has 0 bridgehead atoms. The average Bonchev–Trinajstić information content (AvgIpc) is 3.46. The molecule has 0 spiro atoms. The molecule has 8 nitrogen and oxygen atoms in total. The zero-order valence-electron chi connectivity index (χ0n) is 16.8. The molecule has 4 heterocycles. The minimum Gasteiger partial charge on any atom is -0.469 e. The highest BCUT2D eigenvalue weighted by molar-refractivity contribution is 14.0. The summed E-state index contributed by atoms with van der Waals surface area (Å²) in [6.45, 7) is 4.32. The Labute approximate surface area is 188 Å². The number of guanidine groups is 1. The van der Waals surface area contributed by atoms with Crippen LogP contribution in [0, 0.1) is 0 Å². The summed E-state index contributed by atoms with van der Waals surface area (Å²) >= 11 is 0. The quantitative estimate of drug-likeness (QED) is 0.350. The second-order valence-corrected chi connectivity index (χ2v) is 7.54. The van der Waals surface area contributed by atoms with Crippen LogP contribution in [0.5, 0.6) is 0 Å². The highest BCUT2D eigenvalue weighted by Crippen LogP contribution is 2.25. The SMILES string of the molecule is I.c1coc(CCNC(=NCC2CCCCO2)N2CCC(c3ncn[nH]3)CC2)c1. The van der Waals surface area contributed by atoms with E-state index in [1.807, 2.05) is 12.1 Å². The minimum atomic E-state index is 0. The Balaban J connectivity index is 0.00000240. The first kappa shape index (κ1) is 22.1. The van der Waals surface area contributed by atoms with Crippen LogP contribution in [0.3, 0.4) is 0 Å². The number of likely N-dealkylation sites (tertiary alicyclic amines) is 1. The number of aromatic nitrogens is 3. The number of ether oxygens (including phenoxy) is 1. The van der Waals surface area contributed by atoms with Crippen LogP contribution in [0.2, 0.25) is 0 Å². The Hall–Kier alpha value is -1.62. The molecule has 2 aliphatic rings. The molecule has 0 amide bonds. The van der Waals surface area contributed by atoms with Crippen LogP contribution in [0.4, 0.5) is 0 Å². The van der Waals surface area contributed by atoms with Gasteiger partial charge in [0.1, 0.15) is 17.9 Å². The van der Waals surface area contributed by atoms with Crippen molar-refractivity contribution < 1.29 is 9.15 Å². The van der Waals surface area contributed by atoms with E-state index in [0.717, 1.165) is 76.0 Å². The molecule has 1 unspecified atom stereocenters. The van der Waals surface area contributed by atoms with E-state index in [0.29, 0.717) is 5.92 Å². The summed E-state index contributed by atoms with van der Waals surface area (Å²) in [6, 6.07) is 3.94. The predicted molar refractivity (Wildman–Crippen MR) is 122 cm³/mol. The molecule has 1 atom stereocenters. The Kier molecular flexibility index (Phi) is 8.78. The Morgan fingerprint density at radius 3 is 2.86 bits per heavy atom. The van der Waals surface area contributed by atoms with Gasteiger partial charge in [-0.25, -0.2) is 4.98 Å². The lowest BCUT2D eigenvalue weighted by Gasteiger charge is -2.34. The smallest absolute Gasteiger partial charge is 0.194 e. The fourth-order valence-corrected chi connectivity index (χ4v) is 3.94. The molecule has 29 heavy (non-hydrogen) atoms. The first-order valence-electron chi connectivity index (χ1n) is 10.4. The molecule has 0 aromatic carbocycles. The summed E-state index contributed by atoms with van der Waals surface area (Å²) in [5.74, 6) is 3.42. The molecule has 160 valence electrons. The van der Waals surface area contributed by atoms with Crippen molar-refractivity contribution >= 4 is 29.9 Å². The maximum Gasteiger partial charge on any atom is 0.194 e. The van der Waals surface area contributed by atoms with Crippen LogP contribution in [0.25, 0.3) is 0 Å². The van der Waals surface area contributed by atoms with Crippen molar-refractivity contribution in [2.45, 2.75) is 50.5 Å². The Morgan fingerprint density at radius 2 is 2.17 bits per heavy atom. The van der Waals surface area contributed by atoms with Gasteiger partial charge in [0.05, 0.1) is 18.9 Å². The van der Waals surface area contributed by atoms with Crippen molar-refractivity contribution in [2.24, 2.45) is 4.99 Å². The monoisotopic (exact) mass is 514 g/mol. The van der Waals surface area contributed by atoms with Crippen LogP contribution >= 0.6 is 24.0 Å². The van der Waals surface area contributed by atoms with Crippen molar-refractivity contribution in [2.75, 3.05) is 32.8 Å². The molecule has 2 N–H and O–H groups in total. The van der Waals surface area contributed by atoms with Crippen molar-refractivity contribution in [1.29, 1.82) is 0 Å². The normalized spacial score (nSPS) is 21.0. The first-order chi connectivity index (χ1) is 13.9. The summed E-state index contributed by atoms with van der Waals surface area (Å²) in [4.78, 5) is 11.6. The number of hydrogen-bond acceptors (Lipinski definition) is 5. The summed E-state index contributed by atoms with van der Waals surface area (Å²) in [5.41, 5.74) is 0. The third kappa shape index (κ3) is 6.43. The molecular formula is C20H31IN6O2. The number of nitrogens with zero attached hydrogens (tertiary/aromatic N) is 4. The molecule has 2 aliphatic heterocycles. The van der Waals surface area contributed by atoms with Gasteiger partial charge in [-0.05, 0) is 44.2 Å². The maximum atomic E-state index is 5.86. The number of H-pyrrole nitrogens is 1. The van der Waals surface area contributed by atoms with Crippen molar-refractivity contribution in [1.82, 2.24) is 25.4 Å². The molecule has 9 heteroatoms. The van der Waals surface area contributed by atoms with Crippen LogP contribution in [-0.4, -0.2) is 64.9 Å². The van der Waals surface area contributed by atoms with Gasteiger partial charge >= 0.3 is 0 Å². The van der Waals surface area contributed by atoms with Gasteiger partial charge in [-0.15, -0.1) is 24.0 Å². The molecule has 0 radical (unpaired) electrons. The fraction of sp³-hybridized carbons (Fsp3) is 0.650.